The van der Waals surface area contributed by atoms with Crippen molar-refractivity contribution in [2.45, 2.75) is 31.4 Å². The predicted octanol–water partition coefficient (Wildman–Crippen LogP) is 2.20. The lowest BCUT2D eigenvalue weighted by atomic mass is 9.87. The molecule has 2 N–H and O–H groups in total. The molecular formula is C18H23ClN4O2. The second kappa shape index (κ2) is 7.89. The largest absolute Gasteiger partial charge is 0.489 e. The van der Waals surface area contributed by atoms with Gasteiger partial charge in [-0.25, -0.2) is 0 Å². The highest BCUT2D eigenvalue weighted by Crippen LogP contribution is 2.27. The van der Waals surface area contributed by atoms with E-state index in [9.17, 15) is 4.79 Å². The molecule has 1 saturated heterocycles. The van der Waals surface area contributed by atoms with Crippen LogP contribution in [-0.2, 0) is 10.3 Å². The fourth-order valence-electron chi connectivity index (χ4n) is 3.14. The van der Waals surface area contributed by atoms with Gasteiger partial charge in [0.1, 0.15) is 17.4 Å². The Morgan fingerprint density at radius 3 is 2.92 bits per heavy atom. The smallest absolute Gasteiger partial charge is 0.248 e. The predicted molar refractivity (Wildman–Crippen MR) is 96.9 cm³/mol. The molecule has 1 aromatic carbocycles. The molecule has 0 aliphatic carbocycles. The third kappa shape index (κ3) is 4.14. The Labute approximate surface area is 152 Å². The molecule has 2 heterocycles. The molecule has 6 nitrogen and oxygen atoms in total. The molecule has 0 saturated carbocycles. The van der Waals surface area contributed by atoms with Gasteiger partial charge >= 0.3 is 0 Å². The molecule has 1 atom stereocenters. The summed E-state index contributed by atoms with van der Waals surface area (Å²) >= 11 is 5.97. The maximum absolute atomic E-state index is 13.0. The summed E-state index contributed by atoms with van der Waals surface area (Å²) in [7, 11) is 0. The first-order chi connectivity index (χ1) is 12.1. The van der Waals surface area contributed by atoms with E-state index in [2.05, 4.69) is 15.7 Å². The summed E-state index contributed by atoms with van der Waals surface area (Å²) in [5.74, 6) is 0.678. The first-order valence-corrected chi connectivity index (χ1v) is 8.89. The molecule has 1 aliphatic heterocycles. The Kier molecular flexibility index (Phi) is 5.60. The summed E-state index contributed by atoms with van der Waals surface area (Å²) in [6.07, 6.45) is 4.83. The minimum absolute atomic E-state index is 0.0146. The van der Waals surface area contributed by atoms with E-state index in [4.69, 9.17) is 16.3 Å². The zero-order valence-electron chi connectivity index (χ0n) is 14.2. The summed E-state index contributed by atoms with van der Waals surface area (Å²) in [6, 6.07) is 9.10. The molecular weight excluding hydrogens is 340 g/mol. The number of hydrogen-bond acceptors (Lipinski definition) is 4. The number of hydrogen-bond donors (Lipinski definition) is 2. The number of benzene rings is 1. The zero-order chi connectivity index (χ0) is 17.7. The Hall–Kier alpha value is -2.05. The monoisotopic (exact) mass is 362 g/mol. The lowest BCUT2D eigenvalue weighted by molar-refractivity contribution is -0.132. The normalized spacial score (nSPS) is 17.7. The van der Waals surface area contributed by atoms with Crippen molar-refractivity contribution >= 4 is 17.5 Å². The Bertz CT molecular complexity index is 699. The molecule has 1 aliphatic rings. The van der Waals surface area contributed by atoms with Gasteiger partial charge in [-0.1, -0.05) is 17.7 Å². The van der Waals surface area contributed by atoms with E-state index >= 15 is 0 Å². The number of carbonyl (C=O) groups is 1. The van der Waals surface area contributed by atoms with Gasteiger partial charge in [0.2, 0.25) is 5.91 Å². The van der Waals surface area contributed by atoms with Crippen molar-refractivity contribution in [3.8, 4) is 5.75 Å². The quantitative estimate of drug-likeness (QED) is 0.826. The van der Waals surface area contributed by atoms with Crippen molar-refractivity contribution in [1.29, 1.82) is 0 Å². The van der Waals surface area contributed by atoms with Crippen molar-refractivity contribution in [2.75, 3.05) is 19.6 Å². The third-order valence-corrected chi connectivity index (χ3v) is 4.71. The maximum atomic E-state index is 13.0. The van der Waals surface area contributed by atoms with Gasteiger partial charge in [-0.15, -0.1) is 0 Å². The number of amides is 1. The van der Waals surface area contributed by atoms with Gasteiger partial charge in [-0.3, -0.25) is 9.48 Å². The van der Waals surface area contributed by atoms with Gasteiger partial charge < -0.3 is 15.4 Å². The van der Waals surface area contributed by atoms with Gasteiger partial charge in [0.25, 0.3) is 0 Å². The minimum atomic E-state index is -0.634. The molecule has 1 fully saturated rings. The molecule has 1 amide bonds. The highest BCUT2D eigenvalue weighted by Gasteiger charge is 2.41. The lowest BCUT2D eigenvalue weighted by Gasteiger charge is -2.36. The maximum Gasteiger partial charge on any atom is 0.248 e. The number of piperidine rings is 1. The van der Waals surface area contributed by atoms with Crippen LogP contribution in [-0.4, -0.2) is 41.4 Å². The second-order valence-electron chi connectivity index (χ2n) is 6.33. The SMILES string of the molecule is CC(CNC(=O)C1(n2cccn2)CCNCC1)Oc1cccc(Cl)c1. The number of ether oxygens (including phenoxy) is 1. The van der Waals surface area contributed by atoms with E-state index in [-0.39, 0.29) is 12.0 Å². The van der Waals surface area contributed by atoms with Gasteiger partial charge in [0.15, 0.2) is 0 Å². The van der Waals surface area contributed by atoms with E-state index in [0.717, 1.165) is 13.1 Å². The van der Waals surface area contributed by atoms with Crippen LogP contribution in [0.2, 0.25) is 5.02 Å². The minimum Gasteiger partial charge on any atom is -0.489 e. The van der Waals surface area contributed by atoms with Crippen LogP contribution in [0.1, 0.15) is 19.8 Å². The summed E-state index contributed by atoms with van der Waals surface area (Å²) in [6.45, 7) is 3.93. The van der Waals surface area contributed by atoms with Crippen molar-refractivity contribution in [3.63, 3.8) is 0 Å². The second-order valence-corrected chi connectivity index (χ2v) is 6.76. The fourth-order valence-corrected chi connectivity index (χ4v) is 3.32. The van der Waals surface area contributed by atoms with Crippen LogP contribution in [0.5, 0.6) is 5.75 Å². The average Bonchev–Trinajstić information content (AvgIpc) is 3.15. The molecule has 0 bridgehead atoms. The van der Waals surface area contributed by atoms with Crippen LogP contribution in [0.25, 0.3) is 0 Å². The first kappa shape index (κ1) is 17.8. The standard InChI is InChI=1S/C18H23ClN4O2/c1-14(25-16-5-2-4-15(19)12-16)13-21-17(24)18(6-9-20-10-7-18)23-11-3-8-22-23/h2-5,8,11-12,14,20H,6-7,9-10,13H2,1H3,(H,21,24). The van der Waals surface area contributed by atoms with Crippen LogP contribution >= 0.6 is 11.6 Å². The molecule has 1 unspecified atom stereocenters. The van der Waals surface area contributed by atoms with Gasteiger partial charge in [-0.2, -0.15) is 5.10 Å². The van der Waals surface area contributed by atoms with E-state index < -0.39 is 5.54 Å². The van der Waals surface area contributed by atoms with Crippen LogP contribution in [0, 0.1) is 0 Å². The van der Waals surface area contributed by atoms with Crippen molar-refractivity contribution in [3.05, 3.63) is 47.7 Å². The highest BCUT2D eigenvalue weighted by molar-refractivity contribution is 6.30. The van der Waals surface area contributed by atoms with Crippen molar-refractivity contribution < 1.29 is 9.53 Å². The molecule has 3 rings (SSSR count). The van der Waals surface area contributed by atoms with E-state index in [0.29, 0.717) is 30.2 Å². The summed E-state index contributed by atoms with van der Waals surface area (Å²) in [5.41, 5.74) is -0.634. The third-order valence-electron chi connectivity index (χ3n) is 4.48. The average molecular weight is 363 g/mol. The fraction of sp³-hybridized carbons (Fsp3) is 0.444. The van der Waals surface area contributed by atoms with Crippen LogP contribution in [0.3, 0.4) is 0 Å². The molecule has 0 radical (unpaired) electrons. The number of aromatic nitrogens is 2. The molecule has 25 heavy (non-hydrogen) atoms. The van der Waals surface area contributed by atoms with Crippen LogP contribution in [0.15, 0.2) is 42.7 Å². The van der Waals surface area contributed by atoms with Crippen molar-refractivity contribution in [1.82, 2.24) is 20.4 Å². The zero-order valence-corrected chi connectivity index (χ0v) is 15.0. The molecule has 134 valence electrons. The number of halogens is 1. The summed E-state index contributed by atoms with van der Waals surface area (Å²) in [5, 5.41) is 11.3. The Morgan fingerprint density at radius 1 is 1.44 bits per heavy atom. The number of nitrogens with zero attached hydrogens (tertiary/aromatic N) is 2. The number of nitrogens with one attached hydrogen (secondary N) is 2. The highest BCUT2D eigenvalue weighted by atomic mass is 35.5. The summed E-state index contributed by atoms with van der Waals surface area (Å²) < 4.78 is 7.61. The molecule has 0 spiro atoms. The number of carbonyl (C=O) groups excluding carboxylic acids is 1. The van der Waals surface area contributed by atoms with Crippen LogP contribution in [0.4, 0.5) is 0 Å². The molecule has 2 aromatic rings. The van der Waals surface area contributed by atoms with E-state index in [1.54, 1.807) is 23.0 Å². The van der Waals surface area contributed by atoms with E-state index in [1.165, 1.54) is 0 Å². The topological polar surface area (TPSA) is 68.2 Å². The van der Waals surface area contributed by atoms with Crippen LogP contribution < -0.4 is 15.4 Å². The van der Waals surface area contributed by atoms with Gasteiger partial charge in [0.05, 0.1) is 6.54 Å². The van der Waals surface area contributed by atoms with Gasteiger partial charge in [0, 0.05) is 17.4 Å². The number of rotatable bonds is 6. The Morgan fingerprint density at radius 2 is 2.24 bits per heavy atom. The Balaban J connectivity index is 1.62. The molecule has 1 aromatic heterocycles. The lowest BCUT2D eigenvalue weighted by Crippen LogP contribution is -2.55. The first-order valence-electron chi connectivity index (χ1n) is 8.51. The summed E-state index contributed by atoms with van der Waals surface area (Å²) in [4.78, 5) is 13.0. The van der Waals surface area contributed by atoms with Crippen molar-refractivity contribution in [2.24, 2.45) is 0 Å². The molecule has 7 heteroatoms. The van der Waals surface area contributed by atoms with E-state index in [1.807, 2.05) is 31.3 Å². The van der Waals surface area contributed by atoms with Gasteiger partial charge in [-0.05, 0) is 57.1 Å².